The van der Waals surface area contributed by atoms with Crippen molar-refractivity contribution in [1.29, 1.82) is 0 Å². The van der Waals surface area contributed by atoms with Gasteiger partial charge in [0, 0.05) is 36.6 Å². The maximum atomic E-state index is 12.3. The predicted molar refractivity (Wildman–Crippen MR) is 87.3 cm³/mol. The molecule has 1 unspecified atom stereocenters. The topological polar surface area (TPSA) is 67.4 Å². The predicted octanol–water partition coefficient (Wildman–Crippen LogP) is 2.12. The van der Waals surface area contributed by atoms with E-state index < -0.39 is 10.0 Å². The van der Waals surface area contributed by atoms with Crippen LogP contribution in [0.15, 0.2) is 11.0 Å². The average molecular weight is 335 g/mol. The Morgan fingerprint density at radius 1 is 1.43 bits per heavy atom. The molecular weight excluding hydrogens is 308 g/mol. The van der Waals surface area contributed by atoms with Crippen LogP contribution in [0.4, 0.5) is 0 Å². The number of thiophene rings is 1. The van der Waals surface area contributed by atoms with E-state index in [1.807, 2.05) is 13.8 Å². The Morgan fingerprint density at radius 2 is 2.14 bits per heavy atom. The molecular formula is C14H26N2O3S2. The van der Waals surface area contributed by atoms with Crippen molar-refractivity contribution in [2.75, 3.05) is 26.8 Å². The highest BCUT2D eigenvalue weighted by Crippen LogP contribution is 2.25. The molecule has 7 heteroatoms. The molecule has 2 N–H and O–H groups in total. The van der Waals surface area contributed by atoms with E-state index in [-0.39, 0.29) is 5.92 Å². The average Bonchev–Trinajstić information content (AvgIpc) is 2.79. The second kappa shape index (κ2) is 8.85. The second-order valence-corrected chi connectivity index (χ2v) is 8.30. The zero-order chi connectivity index (χ0) is 15.9. The molecule has 21 heavy (non-hydrogen) atoms. The summed E-state index contributed by atoms with van der Waals surface area (Å²) in [5, 5.41) is 3.29. The van der Waals surface area contributed by atoms with Crippen LogP contribution in [0.2, 0.25) is 0 Å². The summed E-state index contributed by atoms with van der Waals surface area (Å²) in [5.74, 6) is 0.148. The minimum absolute atomic E-state index is 0.148. The van der Waals surface area contributed by atoms with Gasteiger partial charge in [-0.2, -0.15) is 0 Å². The minimum Gasteiger partial charge on any atom is -0.384 e. The van der Waals surface area contributed by atoms with Gasteiger partial charge in [0.1, 0.15) is 0 Å². The van der Waals surface area contributed by atoms with Gasteiger partial charge in [-0.1, -0.05) is 13.8 Å². The third kappa shape index (κ3) is 6.04. The van der Waals surface area contributed by atoms with E-state index in [1.54, 1.807) is 13.2 Å². The third-order valence-electron chi connectivity index (χ3n) is 3.01. The van der Waals surface area contributed by atoms with Gasteiger partial charge < -0.3 is 10.1 Å². The summed E-state index contributed by atoms with van der Waals surface area (Å²) in [6.45, 7) is 8.48. The summed E-state index contributed by atoms with van der Waals surface area (Å²) >= 11 is 1.53. The molecule has 0 radical (unpaired) electrons. The van der Waals surface area contributed by atoms with E-state index in [4.69, 9.17) is 4.74 Å². The molecule has 0 saturated heterocycles. The highest BCUT2D eigenvalue weighted by atomic mass is 32.2. The Balaban J connectivity index is 2.69. The van der Waals surface area contributed by atoms with Crippen LogP contribution in [-0.2, 0) is 21.3 Å². The summed E-state index contributed by atoms with van der Waals surface area (Å²) in [7, 11) is -1.82. The van der Waals surface area contributed by atoms with Crippen molar-refractivity contribution in [3.05, 3.63) is 15.8 Å². The van der Waals surface area contributed by atoms with Crippen LogP contribution in [-0.4, -0.2) is 35.2 Å². The van der Waals surface area contributed by atoms with E-state index >= 15 is 0 Å². The van der Waals surface area contributed by atoms with Crippen LogP contribution in [0.3, 0.4) is 0 Å². The van der Waals surface area contributed by atoms with Crippen LogP contribution in [0, 0.1) is 12.8 Å². The normalized spacial score (nSPS) is 13.5. The minimum atomic E-state index is -3.44. The molecule has 0 bridgehead atoms. The molecule has 0 amide bonds. The molecule has 0 aliphatic carbocycles. The number of rotatable bonds is 10. The Morgan fingerprint density at radius 3 is 2.76 bits per heavy atom. The van der Waals surface area contributed by atoms with Gasteiger partial charge in [-0.25, -0.2) is 13.1 Å². The number of nitrogens with one attached hydrogen (secondary N) is 2. The largest absolute Gasteiger partial charge is 0.384 e. The SMILES string of the molecule is CCCNCc1cc(S(=O)(=O)NCC(C)COC)c(C)s1. The molecule has 1 aromatic heterocycles. The van der Waals surface area contributed by atoms with Gasteiger partial charge in [-0.3, -0.25) is 0 Å². The smallest absolute Gasteiger partial charge is 0.241 e. The Bertz CT molecular complexity index is 526. The van der Waals surface area contributed by atoms with Crippen molar-refractivity contribution < 1.29 is 13.2 Å². The van der Waals surface area contributed by atoms with Crippen molar-refractivity contribution in [2.24, 2.45) is 5.92 Å². The molecule has 0 aromatic carbocycles. The van der Waals surface area contributed by atoms with Crippen LogP contribution in [0.1, 0.15) is 30.0 Å². The lowest BCUT2D eigenvalue weighted by Crippen LogP contribution is -2.30. The maximum absolute atomic E-state index is 12.3. The molecule has 1 rings (SSSR count). The zero-order valence-corrected chi connectivity index (χ0v) is 14.9. The summed E-state index contributed by atoms with van der Waals surface area (Å²) in [4.78, 5) is 2.27. The van der Waals surface area contributed by atoms with E-state index in [1.165, 1.54) is 11.3 Å². The van der Waals surface area contributed by atoms with E-state index in [2.05, 4.69) is 17.0 Å². The lowest BCUT2D eigenvalue weighted by atomic mass is 10.2. The monoisotopic (exact) mass is 334 g/mol. The molecule has 122 valence electrons. The molecule has 0 spiro atoms. The molecule has 1 heterocycles. The lowest BCUT2D eigenvalue weighted by molar-refractivity contribution is 0.161. The van der Waals surface area contributed by atoms with Crippen molar-refractivity contribution in [2.45, 2.75) is 38.6 Å². The van der Waals surface area contributed by atoms with Gasteiger partial charge in [0.15, 0.2) is 0 Å². The number of ether oxygens (including phenoxy) is 1. The summed E-state index contributed by atoms with van der Waals surface area (Å²) < 4.78 is 32.4. The van der Waals surface area contributed by atoms with Gasteiger partial charge in [-0.15, -0.1) is 11.3 Å². The number of methoxy groups -OCH3 is 1. The molecule has 0 saturated carbocycles. The molecule has 0 aliphatic rings. The van der Waals surface area contributed by atoms with Crippen molar-refractivity contribution in [3.63, 3.8) is 0 Å². The van der Waals surface area contributed by atoms with Gasteiger partial charge >= 0.3 is 0 Å². The first-order chi connectivity index (χ1) is 9.90. The Hall–Kier alpha value is -0.470. The van der Waals surface area contributed by atoms with Crippen LogP contribution in [0.5, 0.6) is 0 Å². The molecule has 5 nitrogen and oxygen atoms in total. The maximum Gasteiger partial charge on any atom is 0.241 e. The number of sulfonamides is 1. The first-order valence-electron chi connectivity index (χ1n) is 7.19. The summed E-state index contributed by atoms with van der Waals surface area (Å²) in [5.41, 5.74) is 0. The molecule has 0 fully saturated rings. The van der Waals surface area contributed by atoms with Gasteiger partial charge in [-0.05, 0) is 31.9 Å². The van der Waals surface area contributed by atoms with Gasteiger partial charge in [0.2, 0.25) is 10.0 Å². The quantitative estimate of drug-likeness (QED) is 0.643. The summed E-state index contributed by atoms with van der Waals surface area (Å²) in [6.07, 6.45) is 1.06. The zero-order valence-electron chi connectivity index (χ0n) is 13.2. The van der Waals surface area contributed by atoms with Crippen LogP contribution >= 0.6 is 11.3 Å². The standard InChI is InChI=1S/C14H26N2O3S2/c1-5-6-15-9-13-7-14(12(3)20-13)21(17,18)16-8-11(2)10-19-4/h7,11,15-16H,5-6,8-10H2,1-4H3. The second-order valence-electron chi connectivity index (χ2n) is 5.22. The highest BCUT2D eigenvalue weighted by molar-refractivity contribution is 7.89. The van der Waals surface area contributed by atoms with Crippen molar-refractivity contribution in [3.8, 4) is 0 Å². The fraction of sp³-hybridized carbons (Fsp3) is 0.714. The highest BCUT2D eigenvalue weighted by Gasteiger charge is 2.20. The van der Waals surface area contributed by atoms with Crippen molar-refractivity contribution >= 4 is 21.4 Å². The summed E-state index contributed by atoms with van der Waals surface area (Å²) in [6, 6.07) is 1.77. The first kappa shape index (κ1) is 18.6. The van der Waals surface area contributed by atoms with E-state index in [9.17, 15) is 8.42 Å². The lowest BCUT2D eigenvalue weighted by Gasteiger charge is -2.11. The number of aryl methyl sites for hydroxylation is 1. The fourth-order valence-corrected chi connectivity index (χ4v) is 4.71. The van der Waals surface area contributed by atoms with Gasteiger partial charge in [0.25, 0.3) is 0 Å². The van der Waals surface area contributed by atoms with Crippen molar-refractivity contribution in [1.82, 2.24) is 10.0 Å². The Labute approximate surface area is 132 Å². The number of hydrogen-bond donors (Lipinski definition) is 2. The number of hydrogen-bond acceptors (Lipinski definition) is 5. The van der Waals surface area contributed by atoms with Crippen LogP contribution in [0.25, 0.3) is 0 Å². The molecule has 1 aromatic rings. The Kier molecular flexibility index (Phi) is 7.83. The molecule has 1 atom stereocenters. The van der Waals surface area contributed by atoms with Crippen LogP contribution < -0.4 is 10.0 Å². The first-order valence-corrected chi connectivity index (χ1v) is 9.49. The van der Waals surface area contributed by atoms with E-state index in [0.29, 0.717) is 18.0 Å². The molecule has 0 aliphatic heterocycles. The van der Waals surface area contributed by atoms with Gasteiger partial charge in [0.05, 0.1) is 4.90 Å². The third-order valence-corrected chi connectivity index (χ3v) is 5.74. The van der Waals surface area contributed by atoms with E-state index in [0.717, 1.165) is 29.3 Å². The fourth-order valence-electron chi connectivity index (χ4n) is 1.94.